The maximum absolute atomic E-state index is 10.8. The van der Waals surface area contributed by atoms with Crippen molar-refractivity contribution in [2.45, 2.75) is 12.5 Å². The molecule has 0 saturated carbocycles. The number of ether oxygens (including phenoxy) is 1. The van der Waals surface area contributed by atoms with Crippen LogP contribution < -0.4 is 0 Å². The zero-order valence-corrected chi connectivity index (χ0v) is 6.33. The lowest BCUT2D eigenvalue weighted by Gasteiger charge is -2.12. The molecular weight excluding hydrogens is 142 g/mol. The van der Waals surface area contributed by atoms with E-state index < -0.39 is 0 Å². The van der Waals surface area contributed by atoms with Crippen LogP contribution in [0.4, 0.5) is 4.79 Å². The van der Waals surface area contributed by atoms with Crippen LogP contribution in [0.2, 0.25) is 0 Å². The molecule has 1 aliphatic rings. The highest BCUT2D eigenvalue weighted by molar-refractivity contribution is 5.72. The fraction of sp³-hybridized carbons (Fsp3) is 0.375. The summed E-state index contributed by atoms with van der Waals surface area (Å²) in [6, 6.07) is -0.146. The number of hydrogen-bond donors (Lipinski definition) is 0. The summed E-state index contributed by atoms with van der Waals surface area (Å²) in [7, 11) is 1.64. The first kappa shape index (κ1) is 7.67. The highest BCUT2D eigenvalue weighted by Crippen LogP contribution is 2.21. The first-order valence-electron chi connectivity index (χ1n) is 3.23. The van der Waals surface area contributed by atoms with Crippen molar-refractivity contribution in [1.29, 1.82) is 0 Å². The Labute approximate surface area is 65.6 Å². The number of amides is 1. The number of hydrogen-bond acceptors (Lipinski definition) is 2. The summed E-state index contributed by atoms with van der Waals surface area (Å²) in [4.78, 5) is 12.3. The Hall–Kier alpha value is -1.43. The summed E-state index contributed by atoms with van der Waals surface area (Å²) in [6.45, 7) is 3.57. The zero-order chi connectivity index (χ0) is 8.43. The molecule has 0 aromatic heterocycles. The van der Waals surface area contributed by atoms with Crippen molar-refractivity contribution < 1.29 is 9.53 Å². The lowest BCUT2D eigenvalue weighted by atomic mass is 10.2. The molecule has 1 aliphatic heterocycles. The summed E-state index contributed by atoms with van der Waals surface area (Å²) in [6.07, 6.45) is 5.17. The van der Waals surface area contributed by atoms with Gasteiger partial charge in [-0.15, -0.1) is 12.3 Å². The van der Waals surface area contributed by atoms with Crippen LogP contribution in [-0.4, -0.2) is 24.1 Å². The van der Waals surface area contributed by atoms with E-state index >= 15 is 0 Å². The number of cyclic esters (lactones) is 1. The molecule has 0 bridgehead atoms. The van der Waals surface area contributed by atoms with Gasteiger partial charge in [0.05, 0.1) is 0 Å². The van der Waals surface area contributed by atoms with E-state index in [1.165, 1.54) is 4.90 Å². The summed E-state index contributed by atoms with van der Waals surface area (Å²) in [5, 5.41) is 0. The fourth-order valence-electron chi connectivity index (χ4n) is 0.958. The molecular formula is C8H9NO2. The molecule has 1 fully saturated rings. The van der Waals surface area contributed by atoms with Crippen molar-refractivity contribution in [2.24, 2.45) is 0 Å². The van der Waals surface area contributed by atoms with E-state index in [1.54, 1.807) is 7.05 Å². The number of carbonyl (C=O) groups excluding carboxylic acids is 1. The molecule has 0 N–H and O–H groups in total. The highest BCUT2D eigenvalue weighted by Gasteiger charge is 2.32. The average Bonchev–Trinajstić information content (AvgIpc) is 2.17. The second-order valence-corrected chi connectivity index (χ2v) is 2.37. The Kier molecular flexibility index (Phi) is 1.86. The molecule has 1 rings (SSSR count). The smallest absolute Gasteiger partial charge is 0.413 e. The van der Waals surface area contributed by atoms with Crippen LogP contribution in [-0.2, 0) is 4.74 Å². The number of rotatable bonds is 1. The summed E-state index contributed by atoms with van der Waals surface area (Å²) in [5.41, 5.74) is 0. The molecule has 0 radical (unpaired) electrons. The van der Waals surface area contributed by atoms with E-state index in [2.05, 4.69) is 12.5 Å². The molecule has 0 aromatic rings. The molecule has 58 valence electrons. The van der Waals surface area contributed by atoms with Crippen molar-refractivity contribution in [3.8, 4) is 12.3 Å². The van der Waals surface area contributed by atoms with E-state index in [9.17, 15) is 4.79 Å². The maximum atomic E-state index is 10.8. The van der Waals surface area contributed by atoms with Gasteiger partial charge in [0, 0.05) is 13.5 Å². The number of terminal acetylenes is 1. The Morgan fingerprint density at radius 1 is 1.91 bits per heavy atom. The first-order chi connectivity index (χ1) is 5.16. The fourth-order valence-corrected chi connectivity index (χ4v) is 0.958. The van der Waals surface area contributed by atoms with E-state index in [1.807, 2.05) is 0 Å². The second kappa shape index (κ2) is 2.67. The number of likely N-dealkylation sites (N-methyl/N-ethyl adjacent to an activating group) is 1. The van der Waals surface area contributed by atoms with Gasteiger partial charge in [-0.05, 0) is 0 Å². The van der Waals surface area contributed by atoms with Gasteiger partial charge in [-0.1, -0.05) is 6.58 Å². The van der Waals surface area contributed by atoms with Crippen molar-refractivity contribution >= 4 is 6.09 Å². The number of nitrogens with zero attached hydrogens (tertiary/aromatic N) is 1. The second-order valence-electron chi connectivity index (χ2n) is 2.37. The van der Waals surface area contributed by atoms with Crippen molar-refractivity contribution in [1.82, 2.24) is 4.90 Å². The van der Waals surface area contributed by atoms with Gasteiger partial charge in [-0.3, -0.25) is 4.90 Å². The van der Waals surface area contributed by atoms with Crippen LogP contribution in [0.3, 0.4) is 0 Å². The third-order valence-corrected chi connectivity index (χ3v) is 1.66. The number of carbonyl (C=O) groups is 1. The topological polar surface area (TPSA) is 29.5 Å². The molecule has 11 heavy (non-hydrogen) atoms. The molecule has 1 unspecified atom stereocenters. The van der Waals surface area contributed by atoms with Gasteiger partial charge < -0.3 is 4.74 Å². The van der Waals surface area contributed by atoms with Crippen LogP contribution in [0.25, 0.3) is 0 Å². The minimum Gasteiger partial charge on any atom is -0.413 e. The van der Waals surface area contributed by atoms with Crippen LogP contribution in [0.1, 0.15) is 6.42 Å². The van der Waals surface area contributed by atoms with E-state index in [0.717, 1.165) is 0 Å². The minimum absolute atomic E-state index is 0.146. The highest BCUT2D eigenvalue weighted by atomic mass is 16.6. The molecule has 1 heterocycles. The molecule has 0 aromatic carbocycles. The predicted octanol–water partition coefficient (Wildman–Crippen LogP) is 0.974. The van der Waals surface area contributed by atoms with Gasteiger partial charge in [0.2, 0.25) is 0 Å². The molecule has 1 atom stereocenters. The van der Waals surface area contributed by atoms with E-state index in [4.69, 9.17) is 11.2 Å². The van der Waals surface area contributed by atoms with Crippen LogP contribution in [0, 0.1) is 12.3 Å². The van der Waals surface area contributed by atoms with E-state index in [0.29, 0.717) is 12.2 Å². The predicted molar refractivity (Wildman–Crippen MR) is 40.6 cm³/mol. The SMILES string of the molecule is C#CCC1C(=C)OC(=O)N1C. The van der Waals surface area contributed by atoms with Gasteiger partial charge in [-0.25, -0.2) is 4.79 Å². The third kappa shape index (κ3) is 1.20. The summed E-state index contributed by atoms with van der Waals surface area (Å²) < 4.78 is 4.74. The Balaban J connectivity index is 2.73. The van der Waals surface area contributed by atoms with Gasteiger partial charge in [0.1, 0.15) is 11.8 Å². The Morgan fingerprint density at radius 3 is 2.91 bits per heavy atom. The monoisotopic (exact) mass is 151 g/mol. The third-order valence-electron chi connectivity index (χ3n) is 1.66. The lowest BCUT2D eigenvalue weighted by molar-refractivity contribution is 0.173. The van der Waals surface area contributed by atoms with Crippen LogP contribution in [0.5, 0.6) is 0 Å². The summed E-state index contributed by atoms with van der Waals surface area (Å²) in [5.74, 6) is 2.90. The first-order valence-corrected chi connectivity index (χ1v) is 3.23. The standard InChI is InChI=1S/C8H9NO2/c1-4-5-7-6(2)11-8(10)9(7)3/h1,7H,2,5H2,3H3. The zero-order valence-electron chi connectivity index (χ0n) is 6.33. The quantitative estimate of drug-likeness (QED) is 0.523. The Bertz CT molecular complexity index is 239. The molecule has 0 spiro atoms. The minimum atomic E-state index is -0.379. The molecule has 1 amide bonds. The molecule has 1 saturated heterocycles. The van der Waals surface area contributed by atoms with E-state index in [-0.39, 0.29) is 12.1 Å². The van der Waals surface area contributed by atoms with Crippen molar-refractivity contribution in [2.75, 3.05) is 7.05 Å². The normalized spacial score (nSPS) is 23.3. The molecule has 3 nitrogen and oxygen atoms in total. The molecule has 0 aliphatic carbocycles. The maximum Gasteiger partial charge on any atom is 0.415 e. The van der Waals surface area contributed by atoms with Crippen LogP contribution >= 0.6 is 0 Å². The van der Waals surface area contributed by atoms with Gasteiger partial charge in [0.25, 0.3) is 0 Å². The van der Waals surface area contributed by atoms with Crippen molar-refractivity contribution in [3.63, 3.8) is 0 Å². The van der Waals surface area contributed by atoms with Crippen molar-refractivity contribution in [3.05, 3.63) is 12.3 Å². The lowest BCUT2D eigenvalue weighted by Crippen LogP contribution is -2.27. The Morgan fingerprint density at radius 2 is 2.55 bits per heavy atom. The van der Waals surface area contributed by atoms with Gasteiger partial charge in [0.15, 0.2) is 0 Å². The summed E-state index contributed by atoms with van der Waals surface area (Å²) >= 11 is 0. The van der Waals surface area contributed by atoms with Gasteiger partial charge in [-0.2, -0.15) is 0 Å². The molecule has 3 heteroatoms. The van der Waals surface area contributed by atoms with Gasteiger partial charge >= 0.3 is 6.09 Å². The van der Waals surface area contributed by atoms with Crippen LogP contribution in [0.15, 0.2) is 12.3 Å². The average molecular weight is 151 g/mol. The largest absolute Gasteiger partial charge is 0.415 e.